The van der Waals surface area contributed by atoms with Gasteiger partial charge in [0.05, 0.1) is 17.6 Å². The molecule has 0 bridgehead atoms. The Morgan fingerprint density at radius 1 is 1.47 bits per heavy atom. The van der Waals surface area contributed by atoms with Crippen LogP contribution in [0.3, 0.4) is 0 Å². The van der Waals surface area contributed by atoms with E-state index in [4.69, 9.17) is 9.47 Å². The van der Waals surface area contributed by atoms with Gasteiger partial charge in [-0.2, -0.15) is 0 Å². The lowest BCUT2D eigenvalue weighted by Gasteiger charge is -2.13. The van der Waals surface area contributed by atoms with E-state index in [1.165, 1.54) is 6.07 Å². The number of rotatable bonds is 8. The molecular weight excluding hydrogens is 248 g/mol. The summed E-state index contributed by atoms with van der Waals surface area (Å²) in [6.45, 7) is 4.97. The number of nitrogens with zero attached hydrogens (tertiary/aromatic N) is 1. The number of nitrogens with one attached hydrogen (secondary N) is 1. The Bertz CT molecular complexity index is 423. The van der Waals surface area contributed by atoms with Gasteiger partial charge in [-0.3, -0.25) is 10.1 Å². The predicted octanol–water partition coefficient (Wildman–Crippen LogP) is 2.83. The molecule has 0 aromatic heterocycles. The van der Waals surface area contributed by atoms with E-state index in [1.54, 1.807) is 19.2 Å². The van der Waals surface area contributed by atoms with Gasteiger partial charge in [0, 0.05) is 31.5 Å². The highest BCUT2D eigenvalue weighted by molar-refractivity contribution is 5.58. The van der Waals surface area contributed by atoms with Gasteiger partial charge in [-0.05, 0) is 19.4 Å². The highest BCUT2D eigenvalue weighted by Gasteiger charge is 2.15. The second-order valence-corrected chi connectivity index (χ2v) is 4.22. The second-order valence-electron chi connectivity index (χ2n) is 4.22. The third-order valence-corrected chi connectivity index (χ3v) is 2.61. The average molecular weight is 268 g/mol. The van der Waals surface area contributed by atoms with Crippen molar-refractivity contribution in [2.45, 2.75) is 26.4 Å². The van der Waals surface area contributed by atoms with Crippen molar-refractivity contribution in [3.63, 3.8) is 0 Å². The van der Waals surface area contributed by atoms with Crippen molar-refractivity contribution in [2.75, 3.05) is 25.6 Å². The third-order valence-electron chi connectivity index (χ3n) is 2.61. The molecule has 1 unspecified atom stereocenters. The van der Waals surface area contributed by atoms with E-state index >= 15 is 0 Å². The Kier molecular flexibility index (Phi) is 6.08. The molecule has 6 heteroatoms. The Morgan fingerprint density at radius 3 is 2.79 bits per heavy atom. The van der Waals surface area contributed by atoms with E-state index in [-0.39, 0.29) is 11.8 Å². The van der Waals surface area contributed by atoms with E-state index in [9.17, 15) is 10.1 Å². The van der Waals surface area contributed by atoms with Crippen LogP contribution < -0.4 is 10.1 Å². The minimum atomic E-state index is -0.438. The summed E-state index contributed by atoms with van der Waals surface area (Å²) in [5.41, 5.74) is 0.763. The maximum absolute atomic E-state index is 10.9. The van der Waals surface area contributed by atoms with Crippen molar-refractivity contribution in [1.29, 1.82) is 0 Å². The summed E-state index contributed by atoms with van der Waals surface area (Å²) in [5, 5.41) is 14.0. The molecule has 0 radical (unpaired) electrons. The number of hydrogen-bond donors (Lipinski definition) is 1. The number of benzene rings is 1. The van der Waals surface area contributed by atoms with E-state index in [1.807, 2.05) is 13.8 Å². The predicted molar refractivity (Wildman–Crippen MR) is 73.8 cm³/mol. The van der Waals surface area contributed by atoms with Crippen molar-refractivity contribution in [2.24, 2.45) is 0 Å². The standard InChI is InChI=1S/C13H20N2O4/c1-4-7-19-13-8-11(14-9-10(2)18-3)5-6-12(13)15(16)17/h5-6,8,10,14H,4,7,9H2,1-3H3. The first-order valence-corrected chi connectivity index (χ1v) is 6.26. The SMILES string of the molecule is CCCOc1cc(NCC(C)OC)ccc1[N+](=O)[O-]. The minimum Gasteiger partial charge on any atom is -0.487 e. The number of nitro groups is 1. The molecule has 0 saturated carbocycles. The number of methoxy groups -OCH3 is 1. The van der Waals surface area contributed by atoms with Gasteiger partial charge < -0.3 is 14.8 Å². The Hall–Kier alpha value is -1.82. The molecule has 0 amide bonds. The topological polar surface area (TPSA) is 73.6 Å². The summed E-state index contributed by atoms with van der Waals surface area (Å²) in [4.78, 5) is 10.5. The zero-order valence-corrected chi connectivity index (χ0v) is 11.5. The lowest BCUT2D eigenvalue weighted by atomic mass is 10.2. The summed E-state index contributed by atoms with van der Waals surface area (Å²) in [6, 6.07) is 4.76. The van der Waals surface area contributed by atoms with Gasteiger partial charge in [-0.15, -0.1) is 0 Å². The van der Waals surface area contributed by atoms with Crippen LogP contribution in [0.1, 0.15) is 20.3 Å². The molecule has 0 aliphatic rings. The van der Waals surface area contributed by atoms with Crippen LogP contribution in [0.5, 0.6) is 5.75 Å². The van der Waals surface area contributed by atoms with Crippen molar-refractivity contribution in [3.8, 4) is 5.75 Å². The monoisotopic (exact) mass is 268 g/mol. The molecule has 0 aliphatic carbocycles. The summed E-state index contributed by atoms with van der Waals surface area (Å²) in [7, 11) is 1.64. The fraction of sp³-hybridized carbons (Fsp3) is 0.538. The molecule has 0 aliphatic heterocycles. The van der Waals surface area contributed by atoms with Crippen molar-refractivity contribution < 1.29 is 14.4 Å². The van der Waals surface area contributed by atoms with Crippen molar-refractivity contribution in [1.82, 2.24) is 0 Å². The Balaban J connectivity index is 2.81. The maximum Gasteiger partial charge on any atom is 0.311 e. The van der Waals surface area contributed by atoms with Crippen LogP contribution in [-0.2, 0) is 4.74 Å². The second kappa shape index (κ2) is 7.58. The van der Waals surface area contributed by atoms with Crippen LogP contribution in [0.15, 0.2) is 18.2 Å². The van der Waals surface area contributed by atoms with Crippen LogP contribution in [0, 0.1) is 10.1 Å². The number of ether oxygens (including phenoxy) is 2. The summed E-state index contributed by atoms with van der Waals surface area (Å²) < 4.78 is 10.5. The molecular formula is C13H20N2O4. The number of hydrogen-bond acceptors (Lipinski definition) is 5. The van der Waals surface area contributed by atoms with Gasteiger partial charge in [0.25, 0.3) is 0 Å². The van der Waals surface area contributed by atoms with Crippen LogP contribution in [-0.4, -0.2) is 31.3 Å². The zero-order valence-electron chi connectivity index (χ0n) is 11.5. The van der Waals surface area contributed by atoms with E-state index < -0.39 is 4.92 Å². The van der Waals surface area contributed by atoms with Crippen LogP contribution >= 0.6 is 0 Å². The van der Waals surface area contributed by atoms with E-state index in [0.29, 0.717) is 18.9 Å². The fourth-order valence-electron chi connectivity index (χ4n) is 1.45. The lowest BCUT2D eigenvalue weighted by molar-refractivity contribution is -0.385. The molecule has 1 N–H and O–H groups in total. The maximum atomic E-state index is 10.9. The quantitative estimate of drug-likeness (QED) is 0.579. The van der Waals surface area contributed by atoms with Gasteiger partial charge in [0.15, 0.2) is 5.75 Å². The number of nitro benzene ring substituents is 1. The highest BCUT2D eigenvalue weighted by Crippen LogP contribution is 2.30. The van der Waals surface area contributed by atoms with E-state index in [0.717, 1.165) is 12.1 Å². The van der Waals surface area contributed by atoms with Gasteiger partial charge in [-0.25, -0.2) is 0 Å². The lowest BCUT2D eigenvalue weighted by Crippen LogP contribution is -2.18. The number of anilines is 1. The third kappa shape index (κ3) is 4.75. The molecule has 0 saturated heterocycles. The van der Waals surface area contributed by atoms with Gasteiger partial charge in [0.2, 0.25) is 0 Å². The fourth-order valence-corrected chi connectivity index (χ4v) is 1.45. The average Bonchev–Trinajstić information content (AvgIpc) is 2.42. The Labute approximate surface area is 112 Å². The smallest absolute Gasteiger partial charge is 0.311 e. The van der Waals surface area contributed by atoms with Crippen molar-refractivity contribution >= 4 is 11.4 Å². The van der Waals surface area contributed by atoms with Crippen LogP contribution in [0.2, 0.25) is 0 Å². The minimum absolute atomic E-state index is 0.0150. The highest BCUT2D eigenvalue weighted by atomic mass is 16.6. The first-order valence-electron chi connectivity index (χ1n) is 6.26. The van der Waals surface area contributed by atoms with Gasteiger partial charge in [0.1, 0.15) is 0 Å². The van der Waals surface area contributed by atoms with Gasteiger partial charge >= 0.3 is 5.69 Å². The molecule has 106 valence electrons. The first kappa shape index (κ1) is 15.2. The molecule has 0 spiro atoms. The zero-order chi connectivity index (χ0) is 14.3. The Morgan fingerprint density at radius 2 is 2.21 bits per heavy atom. The van der Waals surface area contributed by atoms with E-state index in [2.05, 4.69) is 5.32 Å². The summed E-state index contributed by atoms with van der Waals surface area (Å²) in [5.74, 6) is 0.293. The van der Waals surface area contributed by atoms with Crippen molar-refractivity contribution in [3.05, 3.63) is 28.3 Å². The normalized spacial score (nSPS) is 11.9. The summed E-state index contributed by atoms with van der Waals surface area (Å²) >= 11 is 0. The molecule has 0 heterocycles. The van der Waals surface area contributed by atoms with Crippen LogP contribution in [0.25, 0.3) is 0 Å². The molecule has 0 fully saturated rings. The van der Waals surface area contributed by atoms with Crippen LogP contribution in [0.4, 0.5) is 11.4 Å². The molecule has 19 heavy (non-hydrogen) atoms. The molecule has 1 aromatic carbocycles. The van der Waals surface area contributed by atoms with Gasteiger partial charge in [-0.1, -0.05) is 6.92 Å². The molecule has 1 atom stereocenters. The molecule has 1 rings (SSSR count). The molecule has 1 aromatic rings. The summed E-state index contributed by atoms with van der Waals surface area (Å²) in [6.07, 6.45) is 0.866. The first-order chi connectivity index (χ1) is 9.08. The molecule has 6 nitrogen and oxygen atoms in total. The largest absolute Gasteiger partial charge is 0.487 e.